The second-order valence-electron chi connectivity index (χ2n) is 6.55. The summed E-state index contributed by atoms with van der Waals surface area (Å²) in [5, 5.41) is 1.27. The van der Waals surface area contributed by atoms with Crippen LogP contribution in [0.2, 0.25) is 0 Å². The van der Waals surface area contributed by atoms with E-state index < -0.39 is 0 Å². The third-order valence-corrected chi connectivity index (χ3v) is 5.03. The molecule has 0 saturated carbocycles. The average molecular weight is 320 g/mol. The maximum Gasteiger partial charge on any atom is 0.129 e. The van der Waals surface area contributed by atoms with Crippen LogP contribution < -0.4 is 10.5 Å². The molecule has 0 bridgehead atoms. The second kappa shape index (κ2) is 6.33. The number of hydrogen-bond acceptors (Lipinski definition) is 2. The highest BCUT2D eigenvalue weighted by Gasteiger charge is 2.25. The molecule has 0 spiro atoms. The van der Waals surface area contributed by atoms with Crippen molar-refractivity contribution in [3.05, 3.63) is 65.4 Å². The third-order valence-electron chi connectivity index (χ3n) is 5.03. The Morgan fingerprint density at radius 1 is 1.08 bits per heavy atom. The maximum atomic E-state index is 6.42. The van der Waals surface area contributed by atoms with E-state index in [1.807, 2.05) is 18.2 Å². The molecule has 0 aliphatic heterocycles. The molecule has 24 heavy (non-hydrogen) atoms. The number of benzene rings is 2. The molecule has 1 aromatic heterocycles. The Morgan fingerprint density at radius 2 is 1.92 bits per heavy atom. The minimum Gasteiger partial charge on any atom is -0.488 e. The molecule has 4 rings (SSSR count). The standard InChI is InChI=1S/C21H24N2O/c1-2-20(22)23-17-11-6-10-16(17)21-18(23)12-7-13-19(21)24-14-15-8-4-3-5-9-15/h3-5,7-9,12-13,20H,2,6,10-11,14,22H2,1H3. The van der Waals surface area contributed by atoms with Gasteiger partial charge in [-0.05, 0) is 48.9 Å². The van der Waals surface area contributed by atoms with Crippen LogP contribution in [0.5, 0.6) is 5.75 Å². The van der Waals surface area contributed by atoms with E-state index in [9.17, 15) is 0 Å². The smallest absolute Gasteiger partial charge is 0.129 e. The number of ether oxygens (including phenoxy) is 1. The minimum atomic E-state index is 0.0405. The number of nitrogens with zero attached hydrogens (tertiary/aromatic N) is 1. The molecule has 1 aliphatic rings. The zero-order chi connectivity index (χ0) is 16.5. The van der Waals surface area contributed by atoms with E-state index in [4.69, 9.17) is 10.5 Å². The van der Waals surface area contributed by atoms with Crippen LogP contribution in [-0.4, -0.2) is 4.57 Å². The molecule has 2 N–H and O–H groups in total. The van der Waals surface area contributed by atoms with Crippen molar-refractivity contribution in [2.75, 3.05) is 0 Å². The fourth-order valence-corrected chi connectivity index (χ4v) is 3.85. The number of fused-ring (bicyclic) bond motifs is 3. The first kappa shape index (κ1) is 15.3. The van der Waals surface area contributed by atoms with Crippen LogP contribution >= 0.6 is 0 Å². The Labute approximate surface area is 143 Å². The van der Waals surface area contributed by atoms with Gasteiger partial charge < -0.3 is 15.0 Å². The van der Waals surface area contributed by atoms with Crippen LogP contribution in [0.4, 0.5) is 0 Å². The summed E-state index contributed by atoms with van der Waals surface area (Å²) in [4.78, 5) is 0. The van der Waals surface area contributed by atoms with E-state index in [0.717, 1.165) is 25.0 Å². The molecule has 0 fully saturated rings. The van der Waals surface area contributed by atoms with E-state index in [0.29, 0.717) is 6.61 Å². The molecule has 1 heterocycles. The normalized spacial score (nSPS) is 14.8. The number of aryl methyl sites for hydroxylation is 1. The van der Waals surface area contributed by atoms with Gasteiger partial charge >= 0.3 is 0 Å². The van der Waals surface area contributed by atoms with Gasteiger partial charge in [0.05, 0.1) is 11.7 Å². The number of nitrogens with two attached hydrogens (primary N) is 1. The predicted octanol–water partition coefficient (Wildman–Crippen LogP) is 4.58. The first-order valence-electron chi connectivity index (χ1n) is 8.86. The van der Waals surface area contributed by atoms with E-state index in [1.54, 1.807) is 0 Å². The largest absolute Gasteiger partial charge is 0.488 e. The molecule has 3 aromatic rings. The van der Waals surface area contributed by atoms with Crippen molar-refractivity contribution < 1.29 is 4.74 Å². The van der Waals surface area contributed by atoms with Crippen LogP contribution in [0, 0.1) is 0 Å². The minimum absolute atomic E-state index is 0.0405. The van der Waals surface area contributed by atoms with Crippen molar-refractivity contribution in [2.45, 2.75) is 45.4 Å². The van der Waals surface area contributed by atoms with Crippen LogP contribution in [0.3, 0.4) is 0 Å². The Bertz CT molecular complexity index is 851. The molecule has 124 valence electrons. The molecular weight excluding hydrogens is 296 g/mol. The maximum absolute atomic E-state index is 6.42. The Hall–Kier alpha value is -2.26. The average Bonchev–Trinajstić information content (AvgIpc) is 3.20. The molecule has 2 aromatic carbocycles. The number of rotatable bonds is 5. The van der Waals surface area contributed by atoms with Gasteiger partial charge in [-0.3, -0.25) is 0 Å². The van der Waals surface area contributed by atoms with E-state index in [1.165, 1.54) is 34.1 Å². The molecule has 1 unspecified atom stereocenters. The third kappa shape index (κ3) is 2.49. The van der Waals surface area contributed by atoms with Crippen LogP contribution in [0.1, 0.15) is 42.8 Å². The SMILES string of the molecule is CCC(N)n1c2c(c3c(OCc4ccccc4)cccc31)CCC2. The molecule has 1 atom stereocenters. The van der Waals surface area contributed by atoms with Crippen molar-refractivity contribution in [1.82, 2.24) is 4.57 Å². The monoisotopic (exact) mass is 320 g/mol. The summed E-state index contributed by atoms with van der Waals surface area (Å²) in [5.74, 6) is 0.983. The summed E-state index contributed by atoms with van der Waals surface area (Å²) >= 11 is 0. The van der Waals surface area contributed by atoms with Crippen molar-refractivity contribution in [3.63, 3.8) is 0 Å². The quantitative estimate of drug-likeness (QED) is 0.747. The molecule has 0 radical (unpaired) electrons. The fraction of sp³-hybridized carbons (Fsp3) is 0.333. The van der Waals surface area contributed by atoms with Crippen LogP contribution in [0.15, 0.2) is 48.5 Å². The lowest BCUT2D eigenvalue weighted by molar-refractivity contribution is 0.310. The lowest BCUT2D eigenvalue weighted by Gasteiger charge is -2.16. The van der Waals surface area contributed by atoms with Gasteiger partial charge in [0.15, 0.2) is 0 Å². The first-order chi connectivity index (χ1) is 11.8. The lowest BCUT2D eigenvalue weighted by atomic mass is 10.1. The zero-order valence-corrected chi connectivity index (χ0v) is 14.2. The summed E-state index contributed by atoms with van der Waals surface area (Å²) in [5.41, 5.74) is 11.7. The second-order valence-corrected chi connectivity index (χ2v) is 6.55. The van der Waals surface area contributed by atoms with Gasteiger partial charge in [-0.15, -0.1) is 0 Å². The lowest BCUT2D eigenvalue weighted by Crippen LogP contribution is -2.19. The molecule has 3 heteroatoms. The summed E-state index contributed by atoms with van der Waals surface area (Å²) < 4.78 is 8.54. The van der Waals surface area contributed by atoms with E-state index in [-0.39, 0.29) is 6.17 Å². The van der Waals surface area contributed by atoms with Gasteiger partial charge in [0.1, 0.15) is 12.4 Å². The highest BCUT2D eigenvalue weighted by molar-refractivity contribution is 5.92. The van der Waals surface area contributed by atoms with Gasteiger partial charge in [0.2, 0.25) is 0 Å². The Kier molecular flexibility index (Phi) is 4.03. The molecule has 0 saturated heterocycles. The molecule has 0 amide bonds. The van der Waals surface area contributed by atoms with Gasteiger partial charge in [-0.1, -0.05) is 43.3 Å². The summed E-state index contributed by atoms with van der Waals surface area (Å²) in [7, 11) is 0. The zero-order valence-electron chi connectivity index (χ0n) is 14.2. The molecule has 3 nitrogen and oxygen atoms in total. The van der Waals surface area contributed by atoms with E-state index in [2.05, 4.69) is 41.8 Å². The summed E-state index contributed by atoms with van der Waals surface area (Å²) in [6.45, 7) is 2.74. The summed E-state index contributed by atoms with van der Waals surface area (Å²) in [6, 6.07) is 16.7. The van der Waals surface area contributed by atoms with Crippen molar-refractivity contribution in [1.29, 1.82) is 0 Å². The first-order valence-corrected chi connectivity index (χ1v) is 8.86. The van der Waals surface area contributed by atoms with Gasteiger partial charge in [0.25, 0.3) is 0 Å². The predicted molar refractivity (Wildman–Crippen MR) is 98.3 cm³/mol. The molecular formula is C21H24N2O. The topological polar surface area (TPSA) is 40.2 Å². The van der Waals surface area contributed by atoms with Crippen LogP contribution in [-0.2, 0) is 19.4 Å². The summed E-state index contributed by atoms with van der Waals surface area (Å²) in [6.07, 6.45) is 4.44. The highest BCUT2D eigenvalue weighted by Crippen LogP contribution is 2.40. The van der Waals surface area contributed by atoms with E-state index >= 15 is 0 Å². The van der Waals surface area contributed by atoms with Crippen molar-refractivity contribution >= 4 is 10.9 Å². The van der Waals surface area contributed by atoms with Gasteiger partial charge in [-0.2, -0.15) is 0 Å². The van der Waals surface area contributed by atoms with Crippen LogP contribution in [0.25, 0.3) is 10.9 Å². The fourth-order valence-electron chi connectivity index (χ4n) is 3.85. The molecule has 1 aliphatic carbocycles. The van der Waals surface area contributed by atoms with Crippen molar-refractivity contribution in [2.24, 2.45) is 5.73 Å². The van der Waals surface area contributed by atoms with Crippen molar-refractivity contribution in [3.8, 4) is 5.75 Å². The highest BCUT2D eigenvalue weighted by atomic mass is 16.5. The Morgan fingerprint density at radius 3 is 2.71 bits per heavy atom. The number of aromatic nitrogens is 1. The van der Waals surface area contributed by atoms with Gasteiger partial charge in [0, 0.05) is 11.1 Å². The number of hydrogen-bond donors (Lipinski definition) is 1. The Balaban J connectivity index is 1.77. The van der Waals surface area contributed by atoms with Gasteiger partial charge in [-0.25, -0.2) is 0 Å².